The molecule has 6 heteroatoms. The Morgan fingerprint density at radius 1 is 0.812 bits per heavy atom. The van der Waals surface area contributed by atoms with Gasteiger partial charge < -0.3 is 5.11 Å². The van der Waals surface area contributed by atoms with Gasteiger partial charge in [-0.2, -0.15) is 0 Å². The lowest BCUT2D eigenvalue weighted by molar-refractivity contribution is 0.312. The molecule has 2 aliphatic rings. The normalized spacial score (nSPS) is 17.4. The first-order chi connectivity index (χ1) is 15.7. The van der Waals surface area contributed by atoms with Crippen molar-refractivity contribution in [3.63, 3.8) is 0 Å². The summed E-state index contributed by atoms with van der Waals surface area (Å²) in [5.74, 6) is 0.496. The lowest BCUT2D eigenvalue weighted by atomic mass is 9.98. The lowest BCUT2D eigenvalue weighted by Crippen LogP contribution is -2.20. The third-order valence-electron chi connectivity index (χ3n) is 6.66. The highest BCUT2D eigenvalue weighted by Crippen LogP contribution is 2.40. The highest BCUT2D eigenvalue weighted by atomic mass is 32.9. The smallest absolute Gasteiger partial charge is 0.124 e. The fourth-order valence-corrected chi connectivity index (χ4v) is 7.84. The minimum absolute atomic E-state index is 0.496. The van der Waals surface area contributed by atoms with Crippen molar-refractivity contribution in [2.45, 2.75) is 45.2 Å². The molecule has 2 aromatic carbocycles. The van der Waals surface area contributed by atoms with Gasteiger partial charge in [-0.1, -0.05) is 63.2 Å². The van der Waals surface area contributed by atoms with Crippen LogP contribution in [0.1, 0.15) is 47.9 Å². The van der Waals surface area contributed by atoms with Crippen LogP contribution in [0.15, 0.2) is 42.5 Å². The Balaban J connectivity index is 1.53. The van der Waals surface area contributed by atoms with Crippen molar-refractivity contribution in [1.82, 2.24) is 9.80 Å². The summed E-state index contributed by atoms with van der Waals surface area (Å²) in [5.41, 5.74) is 5.89. The Labute approximate surface area is 203 Å². The van der Waals surface area contributed by atoms with Crippen LogP contribution in [-0.4, -0.2) is 41.1 Å². The second kappa shape index (κ2) is 10.1. The third kappa shape index (κ3) is 5.00. The summed E-state index contributed by atoms with van der Waals surface area (Å²) in [6.45, 7) is 6.17. The van der Waals surface area contributed by atoms with Crippen LogP contribution in [0.25, 0.3) is 10.4 Å². The number of hydrogen-bond acceptors (Lipinski definition) is 6. The van der Waals surface area contributed by atoms with Crippen LogP contribution in [0.4, 0.5) is 0 Å². The molecule has 1 N–H and O–H groups in total. The zero-order chi connectivity index (χ0) is 21.9. The number of rotatable bonds is 7. The van der Waals surface area contributed by atoms with Crippen LogP contribution in [0.2, 0.25) is 0 Å². The summed E-state index contributed by atoms with van der Waals surface area (Å²) in [6.07, 6.45) is 5.89. The summed E-state index contributed by atoms with van der Waals surface area (Å²) in [6, 6.07) is 15.1. The first-order valence-corrected chi connectivity index (χ1v) is 14.2. The Morgan fingerprint density at radius 2 is 1.38 bits per heavy atom. The molecule has 1 aromatic heterocycles. The zero-order valence-corrected chi connectivity index (χ0v) is 20.8. The van der Waals surface area contributed by atoms with Crippen molar-refractivity contribution >= 4 is 32.9 Å². The molecule has 0 unspecified atom stereocenters. The van der Waals surface area contributed by atoms with Gasteiger partial charge in [0.05, 0.1) is 4.88 Å². The average molecular weight is 483 g/mol. The van der Waals surface area contributed by atoms with E-state index >= 15 is 0 Å². The van der Waals surface area contributed by atoms with Gasteiger partial charge in [-0.25, -0.2) is 0 Å². The maximum atomic E-state index is 11.2. The van der Waals surface area contributed by atoms with Crippen LogP contribution in [0, 0.1) is 3.82 Å². The Morgan fingerprint density at radius 3 is 1.94 bits per heavy atom. The van der Waals surface area contributed by atoms with Gasteiger partial charge in [0.25, 0.3) is 0 Å². The molecular weight excluding hydrogens is 453 g/mol. The van der Waals surface area contributed by atoms with Crippen molar-refractivity contribution in [2.75, 3.05) is 26.2 Å². The van der Waals surface area contributed by atoms with E-state index in [1.807, 2.05) is 0 Å². The summed E-state index contributed by atoms with van der Waals surface area (Å²) < 4.78 is 0.990. The van der Waals surface area contributed by atoms with E-state index in [0.29, 0.717) is 5.75 Å². The van der Waals surface area contributed by atoms with Gasteiger partial charge in [0.2, 0.25) is 0 Å². The third-order valence-corrected chi connectivity index (χ3v) is 9.85. The summed E-state index contributed by atoms with van der Waals surface area (Å²) in [4.78, 5) is 6.21. The molecule has 0 radical (unpaired) electrons. The Bertz CT molecular complexity index is 1070. The van der Waals surface area contributed by atoms with Crippen LogP contribution < -0.4 is 0 Å². The van der Waals surface area contributed by atoms with Crippen molar-refractivity contribution < 1.29 is 5.11 Å². The fraction of sp³-hybridized carbons (Fsp3) is 0.423. The molecule has 5 rings (SSSR count). The number of nitrogens with zero attached hydrogens (tertiary/aromatic N) is 2. The van der Waals surface area contributed by atoms with Crippen molar-refractivity contribution in [3.05, 3.63) is 68.5 Å². The number of likely N-dealkylation sites (tertiary alicyclic amines) is 2. The van der Waals surface area contributed by atoms with E-state index in [0.717, 1.165) is 60.6 Å². The van der Waals surface area contributed by atoms with Gasteiger partial charge in [-0.05, 0) is 75.1 Å². The fourth-order valence-electron chi connectivity index (χ4n) is 4.94. The Hall–Kier alpha value is -1.57. The number of phenolic OH excluding ortho intramolecular Hbond substituents is 1. The molecule has 0 atom stereocenters. The monoisotopic (exact) mass is 482 g/mol. The van der Waals surface area contributed by atoms with Gasteiger partial charge >= 0.3 is 0 Å². The van der Waals surface area contributed by atoms with E-state index in [1.54, 1.807) is 20.7 Å². The van der Waals surface area contributed by atoms with Gasteiger partial charge in [-0.3, -0.25) is 9.80 Å². The van der Waals surface area contributed by atoms with Crippen molar-refractivity contribution in [3.8, 4) is 16.2 Å². The van der Waals surface area contributed by atoms with E-state index in [-0.39, 0.29) is 0 Å². The molecule has 3 nitrogen and oxygen atoms in total. The second-order valence-corrected chi connectivity index (χ2v) is 11.9. The van der Waals surface area contributed by atoms with Gasteiger partial charge in [0, 0.05) is 36.2 Å². The van der Waals surface area contributed by atoms with Crippen LogP contribution in [0.3, 0.4) is 0 Å². The van der Waals surface area contributed by atoms with E-state index in [1.165, 1.54) is 47.3 Å². The minimum atomic E-state index is 0.496. The predicted molar refractivity (Wildman–Crippen MR) is 138 cm³/mol. The summed E-state index contributed by atoms with van der Waals surface area (Å²) in [5, 5.41) is 11.2. The highest BCUT2D eigenvalue weighted by molar-refractivity contribution is 7.80. The van der Waals surface area contributed by atoms with Crippen molar-refractivity contribution in [1.29, 1.82) is 0 Å². The molecular formula is C26H30N2OS3. The maximum Gasteiger partial charge on any atom is 0.124 e. The van der Waals surface area contributed by atoms with E-state index < -0.39 is 0 Å². The maximum absolute atomic E-state index is 11.2. The molecule has 0 aliphatic carbocycles. The van der Waals surface area contributed by atoms with Gasteiger partial charge in [-0.15, -0.1) is 0 Å². The van der Waals surface area contributed by atoms with Crippen LogP contribution in [-0.2, 0) is 19.5 Å². The topological polar surface area (TPSA) is 26.7 Å². The molecule has 3 heterocycles. The van der Waals surface area contributed by atoms with Gasteiger partial charge in [0.1, 0.15) is 9.57 Å². The SMILES string of the molecule is Oc1c(CN2CCCC2)cc(-c2ssc(=S)c2Cc2ccccc2)cc1CN1CCCC1. The first kappa shape index (κ1) is 22.2. The number of hydrogen-bond donors (Lipinski definition) is 1. The summed E-state index contributed by atoms with van der Waals surface area (Å²) in [7, 11) is 3.49. The number of phenols is 1. The highest BCUT2D eigenvalue weighted by Gasteiger charge is 2.21. The largest absolute Gasteiger partial charge is 0.507 e. The minimum Gasteiger partial charge on any atom is -0.507 e. The molecule has 0 bridgehead atoms. The zero-order valence-electron chi connectivity index (χ0n) is 18.4. The molecule has 2 saturated heterocycles. The number of benzene rings is 2. The lowest BCUT2D eigenvalue weighted by Gasteiger charge is -2.21. The molecule has 0 saturated carbocycles. The van der Waals surface area contributed by atoms with E-state index in [2.05, 4.69) is 52.3 Å². The van der Waals surface area contributed by atoms with Crippen LogP contribution >= 0.6 is 32.9 Å². The molecule has 0 amide bonds. The Kier molecular flexibility index (Phi) is 7.05. The summed E-state index contributed by atoms with van der Waals surface area (Å²) >= 11 is 5.76. The number of aromatic hydroxyl groups is 1. The second-order valence-electron chi connectivity index (χ2n) is 9.03. The molecule has 32 heavy (non-hydrogen) atoms. The molecule has 3 aromatic rings. The first-order valence-electron chi connectivity index (χ1n) is 11.6. The molecule has 2 fully saturated rings. The molecule has 168 valence electrons. The molecule has 2 aliphatic heterocycles. The van der Waals surface area contributed by atoms with Crippen LogP contribution in [0.5, 0.6) is 5.75 Å². The average Bonchev–Trinajstić information content (AvgIpc) is 3.56. The quantitative estimate of drug-likeness (QED) is 0.300. The van der Waals surface area contributed by atoms with E-state index in [4.69, 9.17) is 12.2 Å². The van der Waals surface area contributed by atoms with Gasteiger partial charge in [0.15, 0.2) is 0 Å². The van der Waals surface area contributed by atoms with Crippen molar-refractivity contribution in [2.24, 2.45) is 0 Å². The molecule has 0 spiro atoms. The predicted octanol–water partition coefficient (Wildman–Crippen LogP) is 6.69. The van der Waals surface area contributed by atoms with E-state index in [9.17, 15) is 5.11 Å². The standard InChI is InChI=1S/C26H30N2OS3/c29-24-21(17-27-10-4-5-11-27)15-20(16-22(24)18-28-12-6-7-13-28)25-23(26(30)32-31-25)14-19-8-2-1-3-9-19/h1-3,8-9,15-16,29H,4-7,10-14,17-18H2.